The fraction of sp³-hybridized carbons (Fsp3) is 0.250. The number of nitrogens with one attached hydrogen (secondary N) is 1. The molecule has 8 nitrogen and oxygen atoms in total. The quantitative estimate of drug-likeness (QED) is 0.638. The molecular weight excluding hydrogens is 362 g/mol. The van der Waals surface area contributed by atoms with Crippen LogP contribution in [0.1, 0.15) is 23.2 Å². The molecule has 0 atom stereocenters. The first kappa shape index (κ1) is 19.2. The van der Waals surface area contributed by atoms with Crippen LogP contribution in [0, 0.1) is 0 Å². The maximum atomic E-state index is 12.4. The van der Waals surface area contributed by atoms with E-state index in [1.54, 1.807) is 50.6 Å². The maximum absolute atomic E-state index is 12.4. The van der Waals surface area contributed by atoms with Crippen LogP contribution in [-0.2, 0) is 6.54 Å². The molecule has 0 aliphatic heterocycles. The van der Waals surface area contributed by atoms with Crippen LogP contribution in [0.3, 0.4) is 0 Å². The number of para-hydroxylation sites is 1. The lowest BCUT2D eigenvalue weighted by Gasteiger charge is -2.09. The largest absolute Gasteiger partial charge is 0.493 e. The SMILES string of the molecule is CCOc1ccccc1C(=O)NCc1nc(-c2ccc(OC)c(OC)c2)no1. The predicted molar refractivity (Wildman–Crippen MR) is 102 cm³/mol. The number of hydrogen-bond donors (Lipinski definition) is 1. The number of rotatable bonds is 8. The van der Waals surface area contributed by atoms with Gasteiger partial charge in [0.05, 0.1) is 32.9 Å². The van der Waals surface area contributed by atoms with Crippen LogP contribution < -0.4 is 19.5 Å². The molecule has 0 aliphatic rings. The summed E-state index contributed by atoms with van der Waals surface area (Å²) >= 11 is 0. The molecule has 2 aromatic carbocycles. The third-order valence-corrected chi connectivity index (χ3v) is 3.94. The van der Waals surface area contributed by atoms with Crippen LogP contribution in [0.5, 0.6) is 17.2 Å². The van der Waals surface area contributed by atoms with Crippen molar-refractivity contribution in [2.75, 3.05) is 20.8 Å². The van der Waals surface area contributed by atoms with Crippen LogP contribution in [0.25, 0.3) is 11.4 Å². The van der Waals surface area contributed by atoms with Crippen molar-refractivity contribution in [2.45, 2.75) is 13.5 Å². The molecule has 0 bridgehead atoms. The van der Waals surface area contributed by atoms with Gasteiger partial charge < -0.3 is 24.1 Å². The summed E-state index contributed by atoms with van der Waals surface area (Å²) in [6.07, 6.45) is 0. The summed E-state index contributed by atoms with van der Waals surface area (Å²) in [6, 6.07) is 12.4. The summed E-state index contributed by atoms with van der Waals surface area (Å²) in [6.45, 7) is 2.44. The Morgan fingerprint density at radius 2 is 1.86 bits per heavy atom. The first-order chi connectivity index (χ1) is 13.7. The Balaban J connectivity index is 1.69. The molecule has 3 rings (SSSR count). The van der Waals surface area contributed by atoms with Gasteiger partial charge >= 0.3 is 0 Å². The Hall–Kier alpha value is -3.55. The molecule has 1 amide bonds. The van der Waals surface area contributed by atoms with Gasteiger partial charge in [-0.05, 0) is 37.3 Å². The van der Waals surface area contributed by atoms with Gasteiger partial charge in [-0.3, -0.25) is 4.79 Å². The van der Waals surface area contributed by atoms with E-state index in [9.17, 15) is 4.79 Å². The van der Waals surface area contributed by atoms with Gasteiger partial charge in [0.1, 0.15) is 5.75 Å². The Morgan fingerprint density at radius 3 is 2.61 bits per heavy atom. The lowest BCUT2D eigenvalue weighted by molar-refractivity contribution is 0.0942. The van der Waals surface area contributed by atoms with E-state index in [4.69, 9.17) is 18.7 Å². The number of carbonyl (C=O) groups excluding carboxylic acids is 1. The average molecular weight is 383 g/mol. The fourth-order valence-electron chi connectivity index (χ4n) is 2.61. The highest BCUT2D eigenvalue weighted by Gasteiger charge is 2.15. The minimum absolute atomic E-state index is 0.0968. The minimum Gasteiger partial charge on any atom is -0.493 e. The van der Waals surface area contributed by atoms with Crippen LogP contribution in [0.4, 0.5) is 0 Å². The van der Waals surface area contributed by atoms with E-state index >= 15 is 0 Å². The molecule has 0 saturated heterocycles. The van der Waals surface area contributed by atoms with Crippen molar-refractivity contribution < 1.29 is 23.5 Å². The Bertz CT molecular complexity index is 955. The average Bonchev–Trinajstić information content (AvgIpc) is 3.21. The molecular formula is C20H21N3O5. The molecule has 8 heteroatoms. The number of ether oxygens (including phenoxy) is 3. The molecule has 3 aromatic rings. The van der Waals surface area contributed by atoms with E-state index in [1.165, 1.54) is 0 Å². The number of amides is 1. The smallest absolute Gasteiger partial charge is 0.255 e. The first-order valence-electron chi connectivity index (χ1n) is 8.71. The number of methoxy groups -OCH3 is 2. The Labute approximate surface area is 162 Å². The Morgan fingerprint density at radius 1 is 1.07 bits per heavy atom. The second kappa shape index (κ2) is 8.90. The molecule has 0 aliphatic carbocycles. The number of carbonyl (C=O) groups is 1. The highest BCUT2D eigenvalue weighted by molar-refractivity contribution is 5.96. The summed E-state index contributed by atoms with van der Waals surface area (Å²) in [5.74, 6) is 2.09. The van der Waals surface area contributed by atoms with Gasteiger partial charge in [0.15, 0.2) is 11.5 Å². The number of hydrogen-bond acceptors (Lipinski definition) is 7. The topological polar surface area (TPSA) is 95.7 Å². The molecule has 28 heavy (non-hydrogen) atoms. The number of aromatic nitrogens is 2. The Kier molecular flexibility index (Phi) is 6.11. The number of nitrogens with zero attached hydrogens (tertiary/aromatic N) is 2. The van der Waals surface area contributed by atoms with E-state index < -0.39 is 0 Å². The van der Waals surface area contributed by atoms with Crippen molar-refractivity contribution in [3.63, 3.8) is 0 Å². The van der Waals surface area contributed by atoms with Crippen molar-refractivity contribution in [2.24, 2.45) is 0 Å². The first-order valence-corrected chi connectivity index (χ1v) is 8.71. The fourth-order valence-corrected chi connectivity index (χ4v) is 2.61. The van der Waals surface area contributed by atoms with Gasteiger partial charge in [-0.1, -0.05) is 17.3 Å². The van der Waals surface area contributed by atoms with E-state index in [0.717, 1.165) is 0 Å². The van der Waals surface area contributed by atoms with Crippen molar-refractivity contribution >= 4 is 5.91 Å². The lowest BCUT2D eigenvalue weighted by Crippen LogP contribution is -2.23. The van der Waals surface area contributed by atoms with Gasteiger partial charge in [-0.15, -0.1) is 0 Å². The monoisotopic (exact) mass is 383 g/mol. The molecule has 0 fully saturated rings. The highest BCUT2D eigenvalue weighted by atomic mass is 16.5. The summed E-state index contributed by atoms with van der Waals surface area (Å²) in [4.78, 5) is 16.7. The van der Waals surface area contributed by atoms with Crippen LogP contribution in [-0.4, -0.2) is 36.9 Å². The molecule has 1 N–H and O–H groups in total. The van der Waals surface area contributed by atoms with Gasteiger partial charge in [0, 0.05) is 5.56 Å². The predicted octanol–water partition coefficient (Wildman–Crippen LogP) is 3.08. The zero-order chi connectivity index (χ0) is 19.9. The second-order valence-corrected chi connectivity index (χ2v) is 5.69. The third-order valence-electron chi connectivity index (χ3n) is 3.94. The van der Waals surface area contributed by atoms with E-state index in [-0.39, 0.29) is 18.3 Å². The van der Waals surface area contributed by atoms with Gasteiger partial charge in [0.25, 0.3) is 5.91 Å². The molecule has 1 heterocycles. The zero-order valence-corrected chi connectivity index (χ0v) is 15.9. The molecule has 0 unspecified atom stereocenters. The second-order valence-electron chi connectivity index (χ2n) is 5.69. The summed E-state index contributed by atoms with van der Waals surface area (Å²) in [7, 11) is 3.12. The van der Waals surface area contributed by atoms with Crippen molar-refractivity contribution in [1.82, 2.24) is 15.5 Å². The normalized spacial score (nSPS) is 10.4. The van der Waals surface area contributed by atoms with Crippen LogP contribution >= 0.6 is 0 Å². The van der Waals surface area contributed by atoms with Gasteiger partial charge in [-0.2, -0.15) is 4.98 Å². The van der Waals surface area contributed by atoms with Gasteiger partial charge in [-0.25, -0.2) is 0 Å². The summed E-state index contributed by atoms with van der Waals surface area (Å²) < 4.78 is 21.2. The van der Waals surface area contributed by atoms with Crippen LogP contribution in [0.15, 0.2) is 47.0 Å². The molecule has 146 valence electrons. The summed E-state index contributed by atoms with van der Waals surface area (Å²) in [5, 5.41) is 6.72. The van der Waals surface area contributed by atoms with E-state index in [1.807, 2.05) is 13.0 Å². The zero-order valence-electron chi connectivity index (χ0n) is 15.9. The summed E-state index contributed by atoms with van der Waals surface area (Å²) in [5.41, 5.74) is 1.16. The molecule has 0 saturated carbocycles. The van der Waals surface area contributed by atoms with Gasteiger partial charge in [0.2, 0.25) is 11.7 Å². The molecule has 1 aromatic heterocycles. The van der Waals surface area contributed by atoms with Crippen LogP contribution in [0.2, 0.25) is 0 Å². The standard InChI is InChI=1S/C20H21N3O5/c1-4-27-15-8-6-5-7-14(15)20(24)21-12-18-22-19(23-28-18)13-9-10-16(25-2)17(11-13)26-3/h5-11H,4,12H2,1-3H3,(H,21,24). The van der Waals surface area contributed by atoms with E-state index in [0.29, 0.717) is 40.8 Å². The van der Waals surface area contributed by atoms with E-state index in [2.05, 4.69) is 15.5 Å². The third kappa shape index (κ3) is 4.22. The minimum atomic E-state index is -0.282. The van der Waals surface area contributed by atoms with Crippen molar-refractivity contribution in [3.05, 3.63) is 53.9 Å². The highest BCUT2D eigenvalue weighted by Crippen LogP contribution is 2.31. The van der Waals surface area contributed by atoms with Crippen molar-refractivity contribution in [1.29, 1.82) is 0 Å². The maximum Gasteiger partial charge on any atom is 0.255 e. The molecule has 0 spiro atoms. The lowest BCUT2D eigenvalue weighted by atomic mass is 10.2. The number of benzene rings is 2. The molecule has 0 radical (unpaired) electrons. The van der Waals surface area contributed by atoms with Crippen molar-refractivity contribution in [3.8, 4) is 28.6 Å².